The Bertz CT molecular complexity index is 422. The third kappa shape index (κ3) is 5.08. The van der Waals surface area contributed by atoms with Crippen LogP contribution in [0.25, 0.3) is 0 Å². The standard InChI is InChI=1S/C16H22O3S/c1-12(2)10-18-14-5-3-13(4-6-14)9-16(17)19-15-7-8-20-11-15/h3-6,12,15H,7-11H2,1-2H3. The number of thioether (sulfide) groups is 1. The maximum absolute atomic E-state index is 11.8. The van der Waals surface area contributed by atoms with E-state index in [2.05, 4.69) is 13.8 Å². The molecule has 0 aliphatic carbocycles. The van der Waals surface area contributed by atoms with E-state index in [1.165, 1.54) is 0 Å². The highest BCUT2D eigenvalue weighted by atomic mass is 32.2. The summed E-state index contributed by atoms with van der Waals surface area (Å²) in [5.74, 6) is 3.26. The molecule has 0 spiro atoms. The van der Waals surface area contributed by atoms with Gasteiger partial charge in [-0.25, -0.2) is 0 Å². The van der Waals surface area contributed by atoms with Crippen molar-refractivity contribution in [3.8, 4) is 5.75 Å². The molecular formula is C16H22O3S. The van der Waals surface area contributed by atoms with Crippen molar-refractivity contribution >= 4 is 17.7 Å². The van der Waals surface area contributed by atoms with Crippen LogP contribution in [0, 0.1) is 5.92 Å². The molecule has 0 bridgehead atoms. The van der Waals surface area contributed by atoms with Gasteiger partial charge in [-0.15, -0.1) is 0 Å². The molecule has 110 valence electrons. The van der Waals surface area contributed by atoms with E-state index < -0.39 is 0 Å². The molecule has 0 N–H and O–H groups in total. The first-order chi connectivity index (χ1) is 9.63. The monoisotopic (exact) mass is 294 g/mol. The minimum absolute atomic E-state index is 0.112. The molecule has 0 aromatic heterocycles. The number of carbonyl (C=O) groups is 1. The van der Waals surface area contributed by atoms with Crippen molar-refractivity contribution < 1.29 is 14.3 Å². The van der Waals surface area contributed by atoms with E-state index in [0.29, 0.717) is 18.9 Å². The Morgan fingerprint density at radius 3 is 2.70 bits per heavy atom. The molecule has 1 heterocycles. The molecule has 1 aliphatic heterocycles. The Hall–Kier alpha value is -1.16. The Labute approximate surface area is 125 Å². The van der Waals surface area contributed by atoms with E-state index in [4.69, 9.17) is 9.47 Å². The summed E-state index contributed by atoms with van der Waals surface area (Å²) in [5, 5.41) is 0. The molecule has 20 heavy (non-hydrogen) atoms. The predicted octanol–water partition coefficient (Wildman–Crippen LogP) is 3.31. The van der Waals surface area contributed by atoms with Gasteiger partial charge in [-0.2, -0.15) is 11.8 Å². The summed E-state index contributed by atoms with van der Waals surface area (Å²) < 4.78 is 11.0. The molecule has 1 aromatic rings. The van der Waals surface area contributed by atoms with Gasteiger partial charge in [-0.3, -0.25) is 4.79 Å². The number of rotatable bonds is 6. The fourth-order valence-corrected chi connectivity index (χ4v) is 3.06. The van der Waals surface area contributed by atoms with Gasteiger partial charge in [0.1, 0.15) is 11.9 Å². The lowest BCUT2D eigenvalue weighted by Crippen LogP contribution is -2.18. The highest BCUT2D eigenvalue weighted by molar-refractivity contribution is 7.99. The Kier molecular flexibility index (Phi) is 5.77. The highest BCUT2D eigenvalue weighted by Gasteiger charge is 2.19. The van der Waals surface area contributed by atoms with Crippen LogP contribution in [-0.2, 0) is 16.0 Å². The number of hydrogen-bond donors (Lipinski definition) is 0. The lowest BCUT2D eigenvalue weighted by atomic mass is 10.1. The average molecular weight is 294 g/mol. The number of esters is 1. The fraction of sp³-hybridized carbons (Fsp3) is 0.562. The molecule has 1 saturated heterocycles. The van der Waals surface area contributed by atoms with Crippen LogP contribution in [0.15, 0.2) is 24.3 Å². The predicted molar refractivity (Wildman–Crippen MR) is 82.3 cm³/mol. The zero-order valence-electron chi connectivity index (χ0n) is 12.1. The second-order valence-corrected chi connectivity index (χ2v) is 6.65. The number of hydrogen-bond acceptors (Lipinski definition) is 4. The Morgan fingerprint density at radius 1 is 1.35 bits per heavy atom. The molecule has 2 rings (SSSR count). The zero-order chi connectivity index (χ0) is 14.4. The van der Waals surface area contributed by atoms with Crippen LogP contribution in [0.5, 0.6) is 5.75 Å². The summed E-state index contributed by atoms with van der Waals surface area (Å²) in [7, 11) is 0. The van der Waals surface area contributed by atoms with E-state index in [1.54, 1.807) is 0 Å². The van der Waals surface area contributed by atoms with Crippen molar-refractivity contribution in [3.05, 3.63) is 29.8 Å². The summed E-state index contributed by atoms with van der Waals surface area (Å²) in [6.07, 6.45) is 1.44. The van der Waals surface area contributed by atoms with Gasteiger partial charge < -0.3 is 9.47 Å². The van der Waals surface area contributed by atoms with Gasteiger partial charge in [0, 0.05) is 5.75 Å². The topological polar surface area (TPSA) is 35.5 Å². The lowest BCUT2D eigenvalue weighted by Gasteiger charge is -2.11. The van der Waals surface area contributed by atoms with Gasteiger partial charge in [0.05, 0.1) is 13.0 Å². The largest absolute Gasteiger partial charge is 0.493 e. The molecule has 0 saturated carbocycles. The third-order valence-electron chi connectivity index (χ3n) is 3.04. The van der Waals surface area contributed by atoms with Crippen LogP contribution in [0.2, 0.25) is 0 Å². The average Bonchev–Trinajstić information content (AvgIpc) is 2.90. The number of benzene rings is 1. The second-order valence-electron chi connectivity index (χ2n) is 5.50. The van der Waals surface area contributed by atoms with Gasteiger partial charge in [-0.05, 0) is 35.8 Å². The highest BCUT2D eigenvalue weighted by Crippen LogP contribution is 2.21. The molecule has 1 atom stereocenters. The molecule has 1 aliphatic rings. The first-order valence-electron chi connectivity index (χ1n) is 7.12. The van der Waals surface area contributed by atoms with E-state index >= 15 is 0 Å². The molecule has 0 amide bonds. The SMILES string of the molecule is CC(C)COc1ccc(CC(=O)OC2CCSC2)cc1. The van der Waals surface area contributed by atoms with Crippen LogP contribution in [-0.4, -0.2) is 30.2 Å². The lowest BCUT2D eigenvalue weighted by molar-refractivity contribution is -0.146. The minimum Gasteiger partial charge on any atom is -0.493 e. The maximum atomic E-state index is 11.8. The maximum Gasteiger partial charge on any atom is 0.310 e. The van der Waals surface area contributed by atoms with E-state index in [-0.39, 0.29) is 12.1 Å². The van der Waals surface area contributed by atoms with Gasteiger partial charge in [0.15, 0.2) is 0 Å². The smallest absolute Gasteiger partial charge is 0.310 e. The van der Waals surface area contributed by atoms with Gasteiger partial charge in [-0.1, -0.05) is 26.0 Å². The van der Waals surface area contributed by atoms with E-state index in [0.717, 1.165) is 29.2 Å². The van der Waals surface area contributed by atoms with Crippen molar-refractivity contribution in [1.29, 1.82) is 0 Å². The van der Waals surface area contributed by atoms with Crippen LogP contribution in [0.4, 0.5) is 0 Å². The Morgan fingerprint density at radius 2 is 2.10 bits per heavy atom. The molecule has 3 nitrogen and oxygen atoms in total. The van der Waals surface area contributed by atoms with Crippen LogP contribution < -0.4 is 4.74 Å². The summed E-state index contributed by atoms with van der Waals surface area (Å²) in [6.45, 7) is 4.94. The van der Waals surface area contributed by atoms with Crippen LogP contribution in [0.1, 0.15) is 25.8 Å². The Balaban J connectivity index is 1.78. The zero-order valence-corrected chi connectivity index (χ0v) is 12.9. The normalized spacial score (nSPS) is 18.2. The molecule has 1 aromatic carbocycles. The second kappa shape index (κ2) is 7.58. The van der Waals surface area contributed by atoms with Crippen molar-refractivity contribution in [3.63, 3.8) is 0 Å². The summed E-state index contributed by atoms with van der Waals surface area (Å²) >= 11 is 1.85. The third-order valence-corrected chi connectivity index (χ3v) is 4.17. The molecule has 4 heteroatoms. The number of carbonyl (C=O) groups excluding carboxylic acids is 1. The van der Waals surface area contributed by atoms with Crippen LogP contribution >= 0.6 is 11.8 Å². The van der Waals surface area contributed by atoms with Crippen molar-refractivity contribution in [2.24, 2.45) is 5.92 Å². The molecule has 1 unspecified atom stereocenters. The van der Waals surface area contributed by atoms with Crippen molar-refractivity contribution in [2.75, 3.05) is 18.1 Å². The van der Waals surface area contributed by atoms with Gasteiger partial charge in [0.2, 0.25) is 0 Å². The fourth-order valence-electron chi connectivity index (χ4n) is 1.97. The number of ether oxygens (including phenoxy) is 2. The van der Waals surface area contributed by atoms with Crippen molar-refractivity contribution in [2.45, 2.75) is 32.8 Å². The molecular weight excluding hydrogens is 272 g/mol. The summed E-state index contributed by atoms with van der Waals surface area (Å²) in [5.41, 5.74) is 0.970. The van der Waals surface area contributed by atoms with Crippen LogP contribution in [0.3, 0.4) is 0 Å². The first kappa shape index (κ1) is 15.2. The van der Waals surface area contributed by atoms with E-state index in [9.17, 15) is 4.79 Å². The quantitative estimate of drug-likeness (QED) is 0.754. The first-order valence-corrected chi connectivity index (χ1v) is 8.28. The molecule has 0 radical (unpaired) electrons. The van der Waals surface area contributed by atoms with E-state index in [1.807, 2.05) is 36.0 Å². The minimum atomic E-state index is -0.131. The molecule has 1 fully saturated rings. The van der Waals surface area contributed by atoms with Gasteiger partial charge >= 0.3 is 5.97 Å². The van der Waals surface area contributed by atoms with Gasteiger partial charge in [0.25, 0.3) is 0 Å². The van der Waals surface area contributed by atoms with Crippen molar-refractivity contribution in [1.82, 2.24) is 0 Å². The summed E-state index contributed by atoms with van der Waals surface area (Å²) in [4.78, 5) is 11.8. The summed E-state index contributed by atoms with van der Waals surface area (Å²) in [6, 6.07) is 7.69.